The van der Waals surface area contributed by atoms with Gasteiger partial charge in [0.05, 0.1) is 0 Å². The smallest absolute Gasteiger partial charge is 0 e. The Hall–Kier alpha value is 2.66. The van der Waals surface area contributed by atoms with Crippen molar-refractivity contribution in [3.8, 4) is 0 Å². The fourth-order valence-corrected chi connectivity index (χ4v) is 0. The van der Waals surface area contributed by atoms with Gasteiger partial charge in [0.1, 0.15) is 0 Å². The summed E-state index contributed by atoms with van der Waals surface area (Å²) < 4.78 is 0. The van der Waals surface area contributed by atoms with Gasteiger partial charge in [-0.15, -0.1) is 0 Å². The SMILES string of the molecule is [Mo].[Ni].[Ni].[Ni].[Ni]. The number of hydrogen-bond acceptors (Lipinski definition) is 0. The third-order valence-corrected chi connectivity index (χ3v) is 0. The summed E-state index contributed by atoms with van der Waals surface area (Å²) >= 11 is 0. The molecule has 0 unspecified atom stereocenters. The average molecular weight is 331 g/mol. The molecule has 0 aromatic heterocycles. The van der Waals surface area contributed by atoms with Crippen molar-refractivity contribution in [1.82, 2.24) is 0 Å². The molecule has 0 saturated heterocycles. The molecule has 0 fully saturated rings. The van der Waals surface area contributed by atoms with Crippen molar-refractivity contribution >= 4 is 0 Å². The zero-order valence-corrected chi connectivity index (χ0v) is 7.63. The summed E-state index contributed by atoms with van der Waals surface area (Å²) in [5.41, 5.74) is 0. The summed E-state index contributed by atoms with van der Waals surface area (Å²) in [5, 5.41) is 0. The van der Waals surface area contributed by atoms with Gasteiger partial charge in [-0.05, 0) is 0 Å². The maximum absolute atomic E-state index is 0. The third-order valence-electron chi connectivity index (χ3n) is 0. The van der Waals surface area contributed by atoms with Gasteiger partial charge in [0.2, 0.25) is 0 Å². The van der Waals surface area contributed by atoms with Gasteiger partial charge >= 0.3 is 0 Å². The van der Waals surface area contributed by atoms with E-state index in [4.69, 9.17) is 0 Å². The third kappa shape index (κ3) is 20.4. The normalized spacial score (nSPS) is 0. The van der Waals surface area contributed by atoms with Crippen molar-refractivity contribution in [1.29, 1.82) is 0 Å². The molecule has 0 nitrogen and oxygen atoms in total. The Bertz CT molecular complexity index is 3.61. The number of rotatable bonds is 0. The molecule has 5 heteroatoms. The van der Waals surface area contributed by atoms with Crippen LogP contribution >= 0.6 is 0 Å². The first-order valence-electron chi connectivity index (χ1n) is 0. The molecule has 0 rings (SSSR count). The van der Waals surface area contributed by atoms with E-state index in [1.165, 1.54) is 0 Å². The van der Waals surface area contributed by atoms with Gasteiger partial charge in [-0.2, -0.15) is 0 Å². The first kappa shape index (κ1) is 48.0. The molecule has 0 atom stereocenters. The largest absolute Gasteiger partial charge is 0 e. The summed E-state index contributed by atoms with van der Waals surface area (Å²) in [7, 11) is 0. The van der Waals surface area contributed by atoms with Crippen molar-refractivity contribution in [2.24, 2.45) is 0 Å². The van der Waals surface area contributed by atoms with E-state index in [1.54, 1.807) is 0 Å². The second-order valence-corrected chi connectivity index (χ2v) is 0. The molecule has 0 saturated carbocycles. The first-order valence-corrected chi connectivity index (χ1v) is 0. The minimum atomic E-state index is 0. The van der Waals surface area contributed by atoms with Gasteiger partial charge in [-0.3, -0.25) is 0 Å². The van der Waals surface area contributed by atoms with Gasteiger partial charge in [-0.25, -0.2) is 0 Å². The van der Waals surface area contributed by atoms with Crippen LogP contribution in [0.1, 0.15) is 0 Å². The Morgan fingerprint density at radius 3 is 0.400 bits per heavy atom. The van der Waals surface area contributed by atoms with E-state index in [0.29, 0.717) is 0 Å². The van der Waals surface area contributed by atoms with Crippen LogP contribution in [-0.2, 0) is 87.0 Å². The van der Waals surface area contributed by atoms with E-state index in [9.17, 15) is 0 Å². The van der Waals surface area contributed by atoms with E-state index < -0.39 is 0 Å². The molecule has 0 aromatic rings. The minimum Gasteiger partial charge on any atom is 0 e. The first-order chi connectivity index (χ1) is 0. The standard InChI is InChI=1S/Mo.4Ni. The Morgan fingerprint density at radius 1 is 0.400 bits per heavy atom. The quantitative estimate of drug-likeness (QED) is 0.548. The molecule has 0 amide bonds. The van der Waals surface area contributed by atoms with Crippen LogP contribution in [0.3, 0.4) is 0 Å². The molecule has 0 aliphatic rings. The van der Waals surface area contributed by atoms with Crippen LogP contribution in [0.4, 0.5) is 0 Å². The van der Waals surface area contributed by atoms with Gasteiger partial charge < -0.3 is 0 Å². The molecule has 0 aromatic carbocycles. The van der Waals surface area contributed by atoms with Crippen LogP contribution in [0.15, 0.2) is 0 Å². The van der Waals surface area contributed by atoms with Gasteiger partial charge in [0.25, 0.3) is 0 Å². The Labute approximate surface area is 85.9 Å². The van der Waals surface area contributed by atoms with E-state index >= 15 is 0 Å². The van der Waals surface area contributed by atoms with E-state index in [0.717, 1.165) is 0 Å². The second kappa shape index (κ2) is 30.1. The predicted molar refractivity (Wildman–Crippen MR) is 0 cm³/mol. The molecule has 0 aliphatic heterocycles. The fourth-order valence-electron chi connectivity index (χ4n) is 0. The van der Waals surface area contributed by atoms with Crippen LogP contribution in [-0.4, -0.2) is 0 Å². The van der Waals surface area contributed by atoms with Crippen molar-refractivity contribution in [3.05, 3.63) is 0 Å². The van der Waals surface area contributed by atoms with Crippen LogP contribution in [0, 0.1) is 0 Å². The maximum Gasteiger partial charge on any atom is 0 e. The summed E-state index contributed by atoms with van der Waals surface area (Å²) in [5.74, 6) is 0. The van der Waals surface area contributed by atoms with Crippen LogP contribution in [0.25, 0.3) is 0 Å². The average Bonchev–Trinajstić information content (AvgIpc) is 0. The predicted octanol–water partition coefficient (Wildman–Crippen LogP) is -0.0125. The molecule has 0 heterocycles. The fraction of sp³-hybridized carbons (Fsp3) is 0. The number of hydrogen-bond donors (Lipinski definition) is 0. The Balaban J connectivity index is 0. The molecule has 0 radical (unpaired) electrons. The Kier molecular flexibility index (Phi) is 289. The van der Waals surface area contributed by atoms with E-state index in [1.807, 2.05) is 0 Å². The minimum absolute atomic E-state index is 0. The monoisotopic (exact) mass is 330 g/mol. The summed E-state index contributed by atoms with van der Waals surface area (Å²) in [6.07, 6.45) is 0. The zero-order valence-electron chi connectivity index (χ0n) is 1.67. The maximum atomic E-state index is 0. The molecular weight excluding hydrogens is 331 g/mol. The van der Waals surface area contributed by atoms with Crippen LogP contribution in [0.2, 0.25) is 0 Å². The van der Waals surface area contributed by atoms with E-state index in [2.05, 4.69) is 0 Å². The summed E-state index contributed by atoms with van der Waals surface area (Å²) in [6.45, 7) is 0. The zero-order chi connectivity index (χ0) is 0. The molecule has 5 heavy (non-hydrogen) atoms. The van der Waals surface area contributed by atoms with Crippen molar-refractivity contribution in [3.63, 3.8) is 0 Å². The molecule has 0 aliphatic carbocycles. The molecule has 46 valence electrons. The van der Waals surface area contributed by atoms with Gasteiger partial charge in [-0.1, -0.05) is 0 Å². The van der Waals surface area contributed by atoms with Gasteiger partial charge in [0.15, 0.2) is 0 Å². The Morgan fingerprint density at radius 2 is 0.400 bits per heavy atom. The second-order valence-electron chi connectivity index (χ2n) is 0. The molecule has 0 spiro atoms. The molecular formula is MoNi4. The molecule has 0 N–H and O–H groups in total. The van der Waals surface area contributed by atoms with Crippen LogP contribution < -0.4 is 0 Å². The van der Waals surface area contributed by atoms with Crippen molar-refractivity contribution in [2.45, 2.75) is 0 Å². The topological polar surface area (TPSA) is 0 Å². The van der Waals surface area contributed by atoms with Crippen molar-refractivity contribution < 1.29 is 87.0 Å². The summed E-state index contributed by atoms with van der Waals surface area (Å²) in [6, 6.07) is 0. The summed E-state index contributed by atoms with van der Waals surface area (Å²) in [4.78, 5) is 0. The van der Waals surface area contributed by atoms with E-state index in [-0.39, 0.29) is 87.0 Å². The molecule has 0 bridgehead atoms. The van der Waals surface area contributed by atoms with Crippen molar-refractivity contribution in [2.75, 3.05) is 0 Å². The van der Waals surface area contributed by atoms with Gasteiger partial charge in [0, 0.05) is 87.0 Å². The van der Waals surface area contributed by atoms with Crippen LogP contribution in [0.5, 0.6) is 0 Å².